The molecule has 126 valence electrons. The zero-order valence-electron chi connectivity index (χ0n) is 12.8. The van der Waals surface area contributed by atoms with E-state index in [0.29, 0.717) is 5.82 Å². The lowest BCUT2D eigenvalue weighted by molar-refractivity contribution is -0.385. The molecule has 0 atom stereocenters. The van der Waals surface area contributed by atoms with E-state index in [1.54, 1.807) is 41.6 Å². The van der Waals surface area contributed by atoms with Gasteiger partial charge in [0, 0.05) is 36.2 Å². The Morgan fingerprint density at radius 3 is 2.80 bits per heavy atom. The molecule has 0 radical (unpaired) electrons. The Morgan fingerprint density at radius 1 is 1.32 bits per heavy atom. The number of benzene rings is 1. The summed E-state index contributed by atoms with van der Waals surface area (Å²) in [5.41, 5.74) is 0.379. The summed E-state index contributed by atoms with van der Waals surface area (Å²) >= 11 is 5.74. The SMILES string of the molecule is O=C(NCc1ccc(-n2ccnc2)nc1)c1ccc(Cl)cc1[N+](=O)[O-]. The van der Waals surface area contributed by atoms with Gasteiger partial charge in [-0.15, -0.1) is 0 Å². The summed E-state index contributed by atoms with van der Waals surface area (Å²) < 4.78 is 1.75. The van der Waals surface area contributed by atoms with Gasteiger partial charge in [-0.2, -0.15) is 0 Å². The monoisotopic (exact) mass is 357 g/mol. The van der Waals surface area contributed by atoms with E-state index in [-0.39, 0.29) is 22.8 Å². The molecule has 0 saturated carbocycles. The van der Waals surface area contributed by atoms with Gasteiger partial charge in [0.25, 0.3) is 11.6 Å². The third-order valence-corrected chi connectivity index (χ3v) is 3.67. The number of pyridine rings is 1. The molecule has 8 nitrogen and oxygen atoms in total. The fourth-order valence-electron chi connectivity index (χ4n) is 2.19. The summed E-state index contributed by atoms with van der Waals surface area (Å²) in [6.07, 6.45) is 6.66. The van der Waals surface area contributed by atoms with Crippen molar-refractivity contribution < 1.29 is 9.72 Å². The van der Waals surface area contributed by atoms with Crippen molar-refractivity contribution in [2.45, 2.75) is 6.54 Å². The average molecular weight is 358 g/mol. The number of hydrogen-bond acceptors (Lipinski definition) is 5. The average Bonchev–Trinajstić information content (AvgIpc) is 3.14. The quantitative estimate of drug-likeness (QED) is 0.558. The van der Waals surface area contributed by atoms with Crippen molar-refractivity contribution in [1.29, 1.82) is 0 Å². The highest BCUT2D eigenvalue weighted by Gasteiger charge is 2.20. The van der Waals surface area contributed by atoms with Crippen LogP contribution in [-0.4, -0.2) is 25.4 Å². The Kier molecular flexibility index (Phi) is 4.71. The van der Waals surface area contributed by atoms with Gasteiger partial charge in [0.2, 0.25) is 0 Å². The number of carbonyl (C=O) groups excluding carboxylic acids is 1. The number of nitrogens with one attached hydrogen (secondary N) is 1. The molecule has 0 aliphatic rings. The number of carbonyl (C=O) groups is 1. The first-order valence-electron chi connectivity index (χ1n) is 7.20. The van der Waals surface area contributed by atoms with Gasteiger partial charge < -0.3 is 5.32 Å². The summed E-state index contributed by atoms with van der Waals surface area (Å²) in [5, 5.41) is 13.9. The van der Waals surface area contributed by atoms with Crippen LogP contribution < -0.4 is 5.32 Å². The molecule has 1 aromatic carbocycles. The number of hydrogen-bond donors (Lipinski definition) is 1. The third-order valence-electron chi connectivity index (χ3n) is 3.43. The van der Waals surface area contributed by atoms with Crippen LogP contribution in [0.3, 0.4) is 0 Å². The van der Waals surface area contributed by atoms with Crippen LogP contribution in [0.2, 0.25) is 5.02 Å². The van der Waals surface area contributed by atoms with E-state index < -0.39 is 10.8 Å². The predicted octanol–water partition coefficient (Wildman–Crippen LogP) is 2.76. The molecule has 0 spiro atoms. The Bertz CT molecular complexity index is 910. The second-order valence-corrected chi connectivity index (χ2v) is 5.53. The lowest BCUT2D eigenvalue weighted by Crippen LogP contribution is -2.23. The minimum atomic E-state index is -0.637. The van der Waals surface area contributed by atoms with Gasteiger partial charge in [-0.3, -0.25) is 19.5 Å². The maximum Gasteiger partial charge on any atom is 0.283 e. The third kappa shape index (κ3) is 3.81. The van der Waals surface area contributed by atoms with E-state index >= 15 is 0 Å². The summed E-state index contributed by atoms with van der Waals surface area (Å²) in [4.78, 5) is 30.9. The number of aromatic nitrogens is 3. The zero-order valence-corrected chi connectivity index (χ0v) is 13.6. The van der Waals surface area contributed by atoms with Gasteiger partial charge in [0.05, 0.1) is 4.92 Å². The lowest BCUT2D eigenvalue weighted by atomic mass is 10.1. The minimum absolute atomic E-state index is 0.0441. The summed E-state index contributed by atoms with van der Waals surface area (Å²) in [6.45, 7) is 0.190. The van der Waals surface area contributed by atoms with E-state index in [1.807, 2.05) is 0 Å². The maximum atomic E-state index is 12.2. The topological polar surface area (TPSA) is 103 Å². The summed E-state index contributed by atoms with van der Waals surface area (Å²) in [6, 6.07) is 7.51. The first-order valence-corrected chi connectivity index (χ1v) is 7.58. The normalized spacial score (nSPS) is 10.4. The molecule has 0 bridgehead atoms. The smallest absolute Gasteiger partial charge is 0.283 e. The van der Waals surface area contributed by atoms with Crippen molar-refractivity contribution >= 4 is 23.2 Å². The molecule has 3 rings (SSSR count). The number of nitro groups is 1. The molecule has 9 heteroatoms. The van der Waals surface area contributed by atoms with Gasteiger partial charge in [-0.05, 0) is 23.8 Å². The Balaban J connectivity index is 1.69. The van der Waals surface area contributed by atoms with Crippen molar-refractivity contribution in [3.05, 3.63) is 81.5 Å². The van der Waals surface area contributed by atoms with Crippen LogP contribution in [0.4, 0.5) is 5.69 Å². The van der Waals surface area contributed by atoms with E-state index in [0.717, 1.165) is 11.6 Å². The van der Waals surface area contributed by atoms with Crippen molar-refractivity contribution in [2.75, 3.05) is 0 Å². The fraction of sp³-hybridized carbons (Fsp3) is 0.0625. The van der Waals surface area contributed by atoms with Gasteiger partial charge in [0.1, 0.15) is 17.7 Å². The zero-order chi connectivity index (χ0) is 17.8. The van der Waals surface area contributed by atoms with E-state index in [1.165, 1.54) is 12.1 Å². The molecule has 0 aliphatic carbocycles. The lowest BCUT2D eigenvalue weighted by Gasteiger charge is -2.07. The maximum absolute atomic E-state index is 12.2. The number of nitrogens with zero attached hydrogens (tertiary/aromatic N) is 4. The molecule has 1 N–H and O–H groups in total. The van der Waals surface area contributed by atoms with Crippen LogP contribution in [0.5, 0.6) is 0 Å². The largest absolute Gasteiger partial charge is 0.348 e. The van der Waals surface area contributed by atoms with Crippen molar-refractivity contribution in [3.63, 3.8) is 0 Å². The highest BCUT2D eigenvalue weighted by atomic mass is 35.5. The molecule has 3 aromatic rings. The first kappa shape index (κ1) is 16.6. The molecule has 1 amide bonds. The summed E-state index contributed by atoms with van der Waals surface area (Å²) in [5.74, 6) is 0.142. The number of rotatable bonds is 5. The van der Waals surface area contributed by atoms with Gasteiger partial charge in [0.15, 0.2) is 0 Å². The number of amides is 1. The predicted molar refractivity (Wildman–Crippen MR) is 90.6 cm³/mol. The fourth-order valence-corrected chi connectivity index (χ4v) is 2.36. The standard InChI is InChI=1S/C16H12ClN5O3/c17-12-2-3-13(14(7-12)22(24)25)16(23)20-9-11-1-4-15(19-8-11)21-6-5-18-10-21/h1-8,10H,9H2,(H,20,23). The van der Waals surface area contributed by atoms with Gasteiger partial charge in [-0.25, -0.2) is 9.97 Å². The van der Waals surface area contributed by atoms with E-state index in [9.17, 15) is 14.9 Å². The van der Waals surface area contributed by atoms with Crippen molar-refractivity contribution in [3.8, 4) is 5.82 Å². The number of halogens is 1. The van der Waals surface area contributed by atoms with Crippen LogP contribution in [0.25, 0.3) is 5.82 Å². The van der Waals surface area contributed by atoms with Crippen LogP contribution in [0.15, 0.2) is 55.2 Å². The molecule has 25 heavy (non-hydrogen) atoms. The van der Waals surface area contributed by atoms with E-state index in [4.69, 9.17) is 11.6 Å². The van der Waals surface area contributed by atoms with Crippen molar-refractivity contribution in [1.82, 2.24) is 19.9 Å². The molecular formula is C16H12ClN5O3. The Hall–Kier alpha value is -3.26. The molecule has 0 fully saturated rings. The second-order valence-electron chi connectivity index (χ2n) is 5.10. The highest BCUT2D eigenvalue weighted by Crippen LogP contribution is 2.23. The van der Waals surface area contributed by atoms with Crippen LogP contribution in [-0.2, 0) is 6.54 Å². The second kappa shape index (κ2) is 7.10. The van der Waals surface area contributed by atoms with Crippen LogP contribution in [0, 0.1) is 10.1 Å². The summed E-state index contributed by atoms with van der Waals surface area (Å²) in [7, 11) is 0. The molecular weight excluding hydrogens is 346 g/mol. The van der Waals surface area contributed by atoms with Crippen LogP contribution in [0.1, 0.15) is 15.9 Å². The van der Waals surface area contributed by atoms with Gasteiger partial charge >= 0.3 is 0 Å². The number of imidazole rings is 1. The Morgan fingerprint density at radius 2 is 2.16 bits per heavy atom. The Labute approximate surface area is 147 Å². The van der Waals surface area contributed by atoms with Gasteiger partial charge in [-0.1, -0.05) is 17.7 Å². The molecule has 2 aromatic heterocycles. The first-order chi connectivity index (χ1) is 12.0. The van der Waals surface area contributed by atoms with Crippen molar-refractivity contribution in [2.24, 2.45) is 0 Å². The molecule has 0 saturated heterocycles. The van der Waals surface area contributed by atoms with Crippen LogP contribution >= 0.6 is 11.6 Å². The van der Waals surface area contributed by atoms with E-state index in [2.05, 4.69) is 15.3 Å². The molecule has 2 heterocycles. The molecule has 0 unspecified atom stereocenters. The number of nitro benzene ring substituents is 1. The molecule has 0 aliphatic heterocycles. The highest BCUT2D eigenvalue weighted by molar-refractivity contribution is 6.31. The minimum Gasteiger partial charge on any atom is -0.348 e.